The third-order valence-corrected chi connectivity index (χ3v) is 3.93. The normalized spacial score (nSPS) is 30.5. The van der Waals surface area contributed by atoms with Crippen molar-refractivity contribution in [2.45, 2.75) is 51.7 Å². The van der Waals surface area contributed by atoms with E-state index in [1.807, 2.05) is 11.8 Å². The second-order valence-corrected chi connectivity index (χ2v) is 5.25. The highest BCUT2D eigenvalue weighted by Crippen LogP contribution is 2.14. The molecule has 2 heterocycles. The molecule has 98 valence electrons. The standard InChI is InChI=1S/C13H25N3O/c1-3-12-14-11(2)13(17)16(12)10-6-9-15-7-4-5-8-15/h11-12,14H,3-10H2,1-2H3. The highest BCUT2D eigenvalue weighted by molar-refractivity contribution is 5.83. The molecule has 4 nitrogen and oxygen atoms in total. The summed E-state index contributed by atoms with van der Waals surface area (Å²) in [7, 11) is 0. The first-order chi connectivity index (χ1) is 8.22. The maximum Gasteiger partial charge on any atom is 0.240 e. The lowest BCUT2D eigenvalue weighted by Gasteiger charge is -2.24. The monoisotopic (exact) mass is 239 g/mol. The van der Waals surface area contributed by atoms with Gasteiger partial charge in [-0.3, -0.25) is 10.1 Å². The van der Waals surface area contributed by atoms with Crippen LogP contribution in [0.1, 0.15) is 39.5 Å². The lowest BCUT2D eigenvalue weighted by Crippen LogP contribution is -2.38. The molecule has 0 saturated carbocycles. The minimum atomic E-state index is 0.00624. The zero-order chi connectivity index (χ0) is 12.3. The number of nitrogens with zero attached hydrogens (tertiary/aromatic N) is 2. The third kappa shape index (κ3) is 2.99. The van der Waals surface area contributed by atoms with Crippen LogP contribution in [-0.2, 0) is 4.79 Å². The Balaban J connectivity index is 1.74. The van der Waals surface area contributed by atoms with E-state index in [2.05, 4.69) is 17.1 Å². The van der Waals surface area contributed by atoms with Crippen LogP contribution in [0.15, 0.2) is 0 Å². The average Bonchev–Trinajstić information content (AvgIpc) is 2.92. The Kier molecular flexibility index (Phi) is 4.40. The van der Waals surface area contributed by atoms with Gasteiger partial charge in [-0.1, -0.05) is 6.92 Å². The van der Waals surface area contributed by atoms with Gasteiger partial charge in [-0.05, 0) is 52.2 Å². The van der Waals surface area contributed by atoms with Crippen molar-refractivity contribution in [3.63, 3.8) is 0 Å². The van der Waals surface area contributed by atoms with Gasteiger partial charge in [0.2, 0.25) is 5.91 Å². The molecular weight excluding hydrogens is 214 g/mol. The van der Waals surface area contributed by atoms with Crippen LogP contribution in [0, 0.1) is 0 Å². The molecule has 1 amide bonds. The average molecular weight is 239 g/mol. The fourth-order valence-corrected chi connectivity index (χ4v) is 2.93. The number of hydrogen-bond donors (Lipinski definition) is 1. The largest absolute Gasteiger partial charge is 0.326 e. The van der Waals surface area contributed by atoms with Gasteiger partial charge in [-0.2, -0.15) is 0 Å². The number of amides is 1. The zero-order valence-electron chi connectivity index (χ0n) is 11.1. The van der Waals surface area contributed by atoms with Gasteiger partial charge >= 0.3 is 0 Å². The molecule has 17 heavy (non-hydrogen) atoms. The van der Waals surface area contributed by atoms with Crippen LogP contribution in [0.5, 0.6) is 0 Å². The number of carbonyl (C=O) groups is 1. The molecule has 0 aliphatic carbocycles. The van der Waals surface area contributed by atoms with Crippen molar-refractivity contribution >= 4 is 5.91 Å². The molecule has 0 aromatic heterocycles. The Morgan fingerprint density at radius 2 is 2.00 bits per heavy atom. The Morgan fingerprint density at radius 1 is 1.29 bits per heavy atom. The molecule has 2 saturated heterocycles. The molecule has 0 bridgehead atoms. The smallest absolute Gasteiger partial charge is 0.240 e. The molecule has 0 radical (unpaired) electrons. The van der Waals surface area contributed by atoms with Crippen LogP contribution in [0.4, 0.5) is 0 Å². The summed E-state index contributed by atoms with van der Waals surface area (Å²) in [6.07, 6.45) is 5.06. The van der Waals surface area contributed by atoms with E-state index in [9.17, 15) is 4.79 Å². The van der Waals surface area contributed by atoms with Crippen molar-refractivity contribution in [2.75, 3.05) is 26.2 Å². The van der Waals surface area contributed by atoms with Gasteiger partial charge in [0.25, 0.3) is 0 Å². The number of nitrogens with one attached hydrogen (secondary N) is 1. The topological polar surface area (TPSA) is 35.6 Å². The summed E-state index contributed by atoms with van der Waals surface area (Å²) in [6, 6.07) is 0.00624. The summed E-state index contributed by atoms with van der Waals surface area (Å²) in [6.45, 7) is 8.65. The van der Waals surface area contributed by atoms with Gasteiger partial charge in [-0.25, -0.2) is 0 Å². The second kappa shape index (κ2) is 5.83. The highest BCUT2D eigenvalue weighted by Gasteiger charge is 2.34. The first-order valence-corrected chi connectivity index (χ1v) is 7.01. The number of likely N-dealkylation sites (tertiary alicyclic amines) is 1. The van der Waals surface area contributed by atoms with Gasteiger partial charge in [0.1, 0.15) is 0 Å². The van der Waals surface area contributed by atoms with E-state index in [-0.39, 0.29) is 18.1 Å². The van der Waals surface area contributed by atoms with Gasteiger partial charge < -0.3 is 9.80 Å². The van der Waals surface area contributed by atoms with Gasteiger partial charge in [0, 0.05) is 6.54 Å². The van der Waals surface area contributed by atoms with Crippen molar-refractivity contribution in [2.24, 2.45) is 0 Å². The van der Waals surface area contributed by atoms with Crippen LogP contribution in [0.3, 0.4) is 0 Å². The molecular formula is C13H25N3O. The molecule has 2 atom stereocenters. The molecule has 2 aliphatic heterocycles. The predicted molar refractivity (Wildman–Crippen MR) is 68.7 cm³/mol. The number of hydrogen-bond acceptors (Lipinski definition) is 3. The molecule has 4 heteroatoms. The summed E-state index contributed by atoms with van der Waals surface area (Å²) < 4.78 is 0. The Morgan fingerprint density at radius 3 is 2.65 bits per heavy atom. The minimum Gasteiger partial charge on any atom is -0.326 e. The third-order valence-electron chi connectivity index (χ3n) is 3.93. The molecule has 0 aromatic carbocycles. The highest BCUT2D eigenvalue weighted by atomic mass is 16.2. The van der Waals surface area contributed by atoms with Crippen LogP contribution in [-0.4, -0.2) is 54.1 Å². The molecule has 2 rings (SSSR count). The SMILES string of the molecule is CCC1NC(C)C(=O)N1CCCN1CCCC1. The summed E-state index contributed by atoms with van der Waals surface area (Å²) >= 11 is 0. The Labute approximate surface area is 104 Å². The summed E-state index contributed by atoms with van der Waals surface area (Å²) in [5.41, 5.74) is 0. The lowest BCUT2D eigenvalue weighted by atomic mass is 10.3. The van der Waals surface area contributed by atoms with Crippen molar-refractivity contribution in [1.29, 1.82) is 0 Å². The number of carbonyl (C=O) groups excluding carboxylic acids is 1. The van der Waals surface area contributed by atoms with E-state index in [1.165, 1.54) is 25.9 Å². The Bertz CT molecular complexity index is 263. The number of rotatable bonds is 5. The predicted octanol–water partition coefficient (Wildman–Crippen LogP) is 1.03. The summed E-state index contributed by atoms with van der Waals surface area (Å²) in [5, 5.41) is 3.34. The van der Waals surface area contributed by atoms with Crippen LogP contribution in [0.25, 0.3) is 0 Å². The van der Waals surface area contributed by atoms with Gasteiger partial charge in [-0.15, -0.1) is 0 Å². The lowest BCUT2D eigenvalue weighted by molar-refractivity contribution is -0.129. The minimum absolute atomic E-state index is 0.00624. The van der Waals surface area contributed by atoms with E-state index in [1.54, 1.807) is 0 Å². The fraction of sp³-hybridized carbons (Fsp3) is 0.923. The molecule has 0 spiro atoms. The van der Waals surface area contributed by atoms with Crippen LogP contribution >= 0.6 is 0 Å². The first-order valence-electron chi connectivity index (χ1n) is 7.01. The van der Waals surface area contributed by atoms with E-state index in [0.29, 0.717) is 0 Å². The van der Waals surface area contributed by atoms with Crippen molar-refractivity contribution in [1.82, 2.24) is 15.1 Å². The van der Waals surface area contributed by atoms with Gasteiger partial charge in [0.05, 0.1) is 12.2 Å². The van der Waals surface area contributed by atoms with E-state index in [0.717, 1.165) is 25.9 Å². The van der Waals surface area contributed by atoms with Gasteiger partial charge in [0.15, 0.2) is 0 Å². The molecule has 2 unspecified atom stereocenters. The quantitative estimate of drug-likeness (QED) is 0.778. The van der Waals surface area contributed by atoms with E-state index >= 15 is 0 Å². The Hall–Kier alpha value is -0.610. The summed E-state index contributed by atoms with van der Waals surface area (Å²) in [4.78, 5) is 16.5. The van der Waals surface area contributed by atoms with E-state index in [4.69, 9.17) is 0 Å². The fourth-order valence-electron chi connectivity index (χ4n) is 2.93. The molecule has 2 aliphatic rings. The van der Waals surface area contributed by atoms with Crippen LogP contribution in [0.2, 0.25) is 0 Å². The van der Waals surface area contributed by atoms with Crippen molar-refractivity contribution in [3.8, 4) is 0 Å². The van der Waals surface area contributed by atoms with E-state index < -0.39 is 0 Å². The molecule has 1 N–H and O–H groups in total. The maximum absolute atomic E-state index is 12.0. The zero-order valence-corrected chi connectivity index (χ0v) is 11.1. The maximum atomic E-state index is 12.0. The summed E-state index contributed by atoms with van der Waals surface area (Å²) in [5.74, 6) is 0.276. The molecule has 0 aromatic rings. The van der Waals surface area contributed by atoms with Crippen LogP contribution < -0.4 is 5.32 Å². The van der Waals surface area contributed by atoms with Crippen molar-refractivity contribution in [3.05, 3.63) is 0 Å². The second-order valence-electron chi connectivity index (χ2n) is 5.25. The van der Waals surface area contributed by atoms with Crippen molar-refractivity contribution < 1.29 is 4.79 Å². The molecule has 2 fully saturated rings. The first kappa shape index (κ1) is 12.8.